The molecule has 0 spiro atoms. The number of aryl methyl sites for hydroxylation is 1. The maximum Gasteiger partial charge on any atom is 0.522 e. The lowest BCUT2D eigenvalue weighted by Gasteiger charge is -2.07. The average Bonchev–Trinajstić information content (AvgIpc) is 2.53. The van der Waals surface area contributed by atoms with Crippen LogP contribution in [0, 0.1) is 6.92 Å². The summed E-state index contributed by atoms with van der Waals surface area (Å²) in [5.74, 6) is 0.561. The van der Waals surface area contributed by atoms with Gasteiger partial charge in [0.25, 0.3) is 0 Å². The molecule has 1 rings (SSSR count). The van der Waals surface area contributed by atoms with Crippen LogP contribution < -0.4 is 0 Å². The van der Waals surface area contributed by atoms with E-state index in [0.29, 0.717) is 5.82 Å². The van der Waals surface area contributed by atoms with Crippen LogP contribution in [0.15, 0.2) is 6.33 Å². The predicted molar refractivity (Wildman–Crippen MR) is 48.1 cm³/mol. The van der Waals surface area contributed by atoms with E-state index in [1.54, 1.807) is 6.92 Å². The summed E-state index contributed by atoms with van der Waals surface area (Å²) in [7, 11) is 0. The molecule has 1 aromatic heterocycles. The molecule has 0 N–H and O–H groups in total. The topological polar surface area (TPSA) is 39.9 Å². The lowest BCUT2D eigenvalue weighted by molar-refractivity contribution is -0.325. The van der Waals surface area contributed by atoms with E-state index in [1.807, 2.05) is 13.8 Å². The second kappa shape index (κ2) is 6.39. The molecule has 15 heavy (non-hydrogen) atoms. The highest BCUT2D eigenvalue weighted by Crippen LogP contribution is 2.15. The first-order valence-corrected chi connectivity index (χ1v) is 4.54. The molecule has 0 atom stereocenters. The van der Waals surface area contributed by atoms with Crippen molar-refractivity contribution in [1.29, 1.82) is 0 Å². The van der Waals surface area contributed by atoms with E-state index in [-0.39, 0.29) is 6.54 Å². The highest BCUT2D eigenvalue weighted by Gasteiger charge is 2.28. The Labute approximate surface area is 86.1 Å². The molecule has 0 bridgehead atoms. The fourth-order valence-corrected chi connectivity index (χ4v) is 0.789. The normalized spacial score (nSPS) is 10.8. The van der Waals surface area contributed by atoms with E-state index in [0.717, 1.165) is 0 Å². The van der Waals surface area contributed by atoms with Gasteiger partial charge in [0.15, 0.2) is 0 Å². The van der Waals surface area contributed by atoms with Crippen molar-refractivity contribution in [2.24, 2.45) is 0 Å². The van der Waals surface area contributed by atoms with Gasteiger partial charge in [-0.15, -0.1) is 13.2 Å². The van der Waals surface area contributed by atoms with Gasteiger partial charge >= 0.3 is 6.36 Å². The molecule has 1 heterocycles. The molecular formula is C8H14F3N3O. The van der Waals surface area contributed by atoms with Crippen LogP contribution in [0.25, 0.3) is 0 Å². The van der Waals surface area contributed by atoms with Gasteiger partial charge < -0.3 is 0 Å². The zero-order valence-corrected chi connectivity index (χ0v) is 8.88. The van der Waals surface area contributed by atoms with Crippen molar-refractivity contribution >= 4 is 0 Å². The molecule has 0 aliphatic heterocycles. The zero-order valence-electron chi connectivity index (χ0n) is 8.88. The van der Waals surface area contributed by atoms with Crippen LogP contribution in [0.4, 0.5) is 13.2 Å². The summed E-state index contributed by atoms with van der Waals surface area (Å²) in [6, 6.07) is 0. The lowest BCUT2D eigenvalue weighted by Crippen LogP contribution is -2.18. The van der Waals surface area contributed by atoms with Crippen LogP contribution in [-0.2, 0) is 11.3 Å². The molecule has 0 fully saturated rings. The van der Waals surface area contributed by atoms with Crippen molar-refractivity contribution in [3.05, 3.63) is 12.2 Å². The fraction of sp³-hybridized carbons (Fsp3) is 0.750. The number of aromatic nitrogens is 3. The quantitative estimate of drug-likeness (QED) is 0.791. The van der Waals surface area contributed by atoms with E-state index >= 15 is 0 Å². The number of rotatable bonds is 3. The third kappa shape index (κ3) is 6.05. The smallest absolute Gasteiger partial charge is 0.290 e. The van der Waals surface area contributed by atoms with Crippen molar-refractivity contribution in [2.45, 2.75) is 33.7 Å². The highest BCUT2D eigenvalue weighted by molar-refractivity contribution is 4.77. The molecule has 1 aromatic rings. The third-order valence-corrected chi connectivity index (χ3v) is 1.38. The first kappa shape index (κ1) is 13.9. The minimum atomic E-state index is -4.57. The summed E-state index contributed by atoms with van der Waals surface area (Å²) < 4.78 is 39.5. The average molecular weight is 225 g/mol. The summed E-state index contributed by atoms with van der Waals surface area (Å²) in [6.07, 6.45) is -3.29. The first-order chi connectivity index (χ1) is 6.99. The SMILES string of the molecule is CC.Cc1ncnn1CCOC(F)(F)F. The van der Waals surface area contributed by atoms with Gasteiger partial charge in [0.2, 0.25) is 0 Å². The summed E-state index contributed by atoms with van der Waals surface area (Å²) in [5, 5.41) is 3.69. The molecule has 0 aliphatic carbocycles. The lowest BCUT2D eigenvalue weighted by atomic mass is 10.6. The standard InChI is InChI=1S/C6H8F3N3O.C2H6/c1-5-10-4-11-12(5)2-3-13-6(7,8)9;1-2/h4H,2-3H2,1H3;1-2H3. The van der Waals surface area contributed by atoms with Gasteiger partial charge in [-0.25, -0.2) is 9.67 Å². The Morgan fingerprint density at radius 1 is 1.40 bits per heavy atom. The molecule has 0 radical (unpaired) electrons. The molecule has 0 aromatic carbocycles. The van der Waals surface area contributed by atoms with E-state index in [4.69, 9.17) is 0 Å². The fourth-order valence-electron chi connectivity index (χ4n) is 0.789. The summed E-state index contributed by atoms with van der Waals surface area (Å²) in [6.45, 7) is 5.25. The monoisotopic (exact) mass is 225 g/mol. The van der Waals surface area contributed by atoms with Gasteiger partial charge in [0.05, 0.1) is 13.2 Å². The van der Waals surface area contributed by atoms with E-state index in [2.05, 4.69) is 14.8 Å². The number of ether oxygens (including phenoxy) is 1. The first-order valence-electron chi connectivity index (χ1n) is 4.54. The molecule has 4 nitrogen and oxygen atoms in total. The Hall–Kier alpha value is -1.11. The second-order valence-corrected chi connectivity index (χ2v) is 2.32. The van der Waals surface area contributed by atoms with Crippen LogP contribution in [-0.4, -0.2) is 27.7 Å². The molecule has 0 saturated heterocycles. The van der Waals surface area contributed by atoms with Gasteiger partial charge in [-0.05, 0) is 6.92 Å². The molecule has 0 saturated carbocycles. The molecular weight excluding hydrogens is 211 g/mol. The van der Waals surface area contributed by atoms with Crippen LogP contribution in [0.3, 0.4) is 0 Å². The molecule has 0 amide bonds. The van der Waals surface area contributed by atoms with E-state index < -0.39 is 13.0 Å². The zero-order chi connectivity index (χ0) is 11.9. The number of alkyl halides is 3. The van der Waals surface area contributed by atoms with Crippen LogP contribution >= 0.6 is 0 Å². The number of halogens is 3. The van der Waals surface area contributed by atoms with Gasteiger partial charge in [-0.1, -0.05) is 13.8 Å². The van der Waals surface area contributed by atoms with E-state index in [1.165, 1.54) is 11.0 Å². The van der Waals surface area contributed by atoms with E-state index in [9.17, 15) is 13.2 Å². The molecule has 88 valence electrons. The highest BCUT2D eigenvalue weighted by atomic mass is 19.4. The van der Waals surface area contributed by atoms with Crippen LogP contribution in [0.5, 0.6) is 0 Å². The Bertz CT molecular complexity index is 272. The van der Waals surface area contributed by atoms with Gasteiger partial charge in [-0.3, -0.25) is 4.74 Å². The largest absolute Gasteiger partial charge is 0.522 e. The minimum Gasteiger partial charge on any atom is -0.290 e. The summed E-state index contributed by atoms with van der Waals surface area (Å²) in [4.78, 5) is 3.75. The van der Waals surface area contributed by atoms with Crippen molar-refractivity contribution in [3.8, 4) is 0 Å². The van der Waals surface area contributed by atoms with Crippen molar-refractivity contribution in [2.75, 3.05) is 6.61 Å². The van der Waals surface area contributed by atoms with Gasteiger partial charge in [0.1, 0.15) is 12.2 Å². The Balaban J connectivity index is 0.000000921. The van der Waals surface area contributed by atoms with Gasteiger partial charge in [-0.2, -0.15) is 5.10 Å². The number of hydrogen-bond donors (Lipinski definition) is 0. The van der Waals surface area contributed by atoms with Gasteiger partial charge in [0, 0.05) is 0 Å². The molecule has 0 unspecified atom stereocenters. The van der Waals surface area contributed by atoms with Crippen molar-refractivity contribution < 1.29 is 17.9 Å². The van der Waals surface area contributed by atoms with Crippen molar-refractivity contribution in [3.63, 3.8) is 0 Å². The second-order valence-electron chi connectivity index (χ2n) is 2.32. The minimum absolute atomic E-state index is 0.0470. The van der Waals surface area contributed by atoms with Crippen molar-refractivity contribution in [1.82, 2.24) is 14.8 Å². The number of nitrogens with zero attached hydrogens (tertiary/aromatic N) is 3. The maximum atomic E-state index is 11.5. The maximum absolute atomic E-state index is 11.5. The molecule has 0 aliphatic rings. The predicted octanol–water partition coefficient (Wildman–Crippen LogP) is 2.15. The Kier molecular flexibility index (Phi) is 5.92. The van der Waals surface area contributed by atoms with Crippen LogP contribution in [0.2, 0.25) is 0 Å². The Morgan fingerprint density at radius 3 is 2.40 bits per heavy atom. The summed E-state index contributed by atoms with van der Waals surface area (Å²) in [5.41, 5.74) is 0. The number of hydrogen-bond acceptors (Lipinski definition) is 3. The Morgan fingerprint density at radius 2 is 2.00 bits per heavy atom. The molecule has 7 heteroatoms. The third-order valence-electron chi connectivity index (χ3n) is 1.38. The van der Waals surface area contributed by atoms with Crippen LogP contribution in [0.1, 0.15) is 19.7 Å². The summed E-state index contributed by atoms with van der Waals surface area (Å²) >= 11 is 0.